The third-order valence-corrected chi connectivity index (χ3v) is 3.75. The van der Waals surface area contributed by atoms with Gasteiger partial charge in [-0.3, -0.25) is 4.79 Å². The zero-order valence-corrected chi connectivity index (χ0v) is 10.9. The molecule has 2 fully saturated rings. The quantitative estimate of drug-likeness (QED) is 0.810. The van der Waals surface area contributed by atoms with Crippen LogP contribution in [0.15, 0.2) is 18.3 Å². The van der Waals surface area contributed by atoms with Crippen molar-refractivity contribution in [2.24, 2.45) is 11.8 Å². The van der Waals surface area contributed by atoms with Crippen molar-refractivity contribution in [3.8, 4) is 6.07 Å². The Morgan fingerprint density at radius 1 is 1.26 bits per heavy atom. The fourth-order valence-electron chi connectivity index (χ4n) is 2.21. The number of nitrogens with zero attached hydrogens (tertiary/aromatic N) is 3. The standard InChI is InChI=1S/C15H17N3O/c16-7-13-5-6-14(17-8-13)15(19)18(9-11-1-2-11)10-12-3-4-12/h5-6,8,11-12H,1-4,9-10H2. The Kier molecular flexibility index (Phi) is 3.20. The Labute approximate surface area is 113 Å². The van der Waals surface area contributed by atoms with Gasteiger partial charge in [0.05, 0.1) is 5.56 Å². The lowest BCUT2D eigenvalue weighted by molar-refractivity contribution is 0.0733. The summed E-state index contributed by atoms with van der Waals surface area (Å²) in [6.45, 7) is 1.74. The summed E-state index contributed by atoms with van der Waals surface area (Å²) in [6.07, 6.45) is 6.45. The molecule has 19 heavy (non-hydrogen) atoms. The predicted molar refractivity (Wildman–Crippen MR) is 70.3 cm³/mol. The Balaban J connectivity index is 1.71. The normalized spacial score (nSPS) is 17.8. The van der Waals surface area contributed by atoms with Crippen LogP contribution in [0.5, 0.6) is 0 Å². The van der Waals surface area contributed by atoms with Crippen molar-refractivity contribution >= 4 is 5.91 Å². The minimum Gasteiger partial charge on any atom is -0.337 e. The molecule has 0 saturated heterocycles. The van der Waals surface area contributed by atoms with E-state index < -0.39 is 0 Å². The van der Waals surface area contributed by atoms with Gasteiger partial charge >= 0.3 is 0 Å². The molecular formula is C15H17N3O. The summed E-state index contributed by atoms with van der Waals surface area (Å²) in [6, 6.07) is 5.34. The van der Waals surface area contributed by atoms with Crippen LogP contribution in [-0.4, -0.2) is 28.9 Å². The molecule has 0 atom stereocenters. The molecule has 0 bridgehead atoms. The molecule has 1 heterocycles. The van der Waals surface area contributed by atoms with E-state index in [4.69, 9.17) is 5.26 Å². The smallest absolute Gasteiger partial charge is 0.272 e. The van der Waals surface area contributed by atoms with Crippen molar-refractivity contribution in [3.05, 3.63) is 29.6 Å². The summed E-state index contributed by atoms with van der Waals surface area (Å²) in [5.41, 5.74) is 0.952. The molecule has 2 aliphatic rings. The maximum atomic E-state index is 12.5. The van der Waals surface area contributed by atoms with Gasteiger partial charge < -0.3 is 4.90 Å². The maximum absolute atomic E-state index is 12.5. The van der Waals surface area contributed by atoms with E-state index in [-0.39, 0.29) is 5.91 Å². The number of hydrogen-bond donors (Lipinski definition) is 0. The van der Waals surface area contributed by atoms with E-state index >= 15 is 0 Å². The average molecular weight is 255 g/mol. The highest BCUT2D eigenvalue weighted by Gasteiger charge is 2.32. The molecule has 0 aliphatic heterocycles. The topological polar surface area (TPSA) is 57.0 Å². The molecule has 0 radical (unpaired) electrons. The number of rotatable bonds is 5. The second-order valence-electron chi connectivity index (χ2n) is 5.64. The van der Waals surface area contributed by atoms with Crippen LogP contribution in [0.25, 0.3) is 0 Å². The first-order valence-electron chi connectivity index (χ1n) is 6.91. The lowest BCUT2D eigenvalue weighted by Gasteiger charge is -2.22. The SMILES string of the molecule is N#Cc1ccc(C(=O)N(CC2CC2)CC2CC2)nc1. The minimum atomic E-state index is 0.0169. The highest BCUT2D eigenvalue weighted by molar-refractivity contribution is 5.92. The van der Waals surface area contributed by atoms with E-state index in [0.29, 0.717) is 23.1 Å². The summed E-state index contributed by atoms with van der Waals surface area (Å²) in [5, 5.41) is 8.75. The number of carbonyl (C=O) groups excluding carboxylic acids is 1. The molecule has 3 rings (SSSR count). The van der Waals surface area contributed by atoms with E-state index in [2.05, 4.69) is 4.98 Å². The van der Waals surface area contributed by atoms with Crippen LogP contribution in [0, 0.1) is 23.2 Å². The van der Waals surface area contributed by atoms with Crippen LogP contribution < -0.4 is 0 Å². The fraction of sp³-hybridized carbons (Fsp3) is 0.533. The van der Waals surface area contributed by atoms with E-state index in [1.807, 2.05) is 11.0 Å². The molecule has 0 N–H and O–H groups in total. The molecule has 1 aromatic rings. The second-order valence-corrected chi connectivity index (χ2v) is 5.64. The maximum Gasteiger partial charge on any atom is 0.272 e. The van der Waals surface area contributed by atoms with Gasteiger partial charge in [-0.15, -0.1) is 0 Å². The van der Waals surface area contributed by atoms with E-state index in [1.165, 1.54) is 31.9 Å². The van der Waals surface area contributed by atoms with E-state index in [1.54, 1.807) is 12.1 Å². The van der Waals surface area contributed by atoms with Crippen LogP contribution in [-0.2, 0) is 0 Å². The van der Waals surface area contributed by atoms with Gasteiger partial charge in [-0.1, -0.05) is 0 Å². The van der Waals surface area contributed by atoms with Crippen molar-refractivity contribution < 1.29 is 4.79 Å². The van der Waals surface area contributed by atoms with Crippen molar-refractivity contribution in [2.45, 2.75) is 25.7 Å². The van der Waals surface area contributed by atoms with Crippen LogP contribution in [0.1, 0.15) is 41.7 Å². The first-order valence-corrected chi connectivity index (χ1v) is 6.91. The van der Waals surface area contributed by atoms with Gasteiger partial charge in [-0.2, -0.15) is 5.26 Å². The highest BCUT2D eigenvalue weighted by atomic mass is 16.2. The van der Waals surface area contributed by atoms with Crippen molar-refractivity contribution in [1.29, 1.82) is 5.26 Å². The van der Waals surface area contributed by atoms with Crippen LogP contribution >= 0.6 is 0 Å². The lowest BCUT2D eigenvalue weighted by atomic mass is 10.2. The molecule has 98 valence electrons. The third-order valence-electron chi connectivity index (χ3n) is 3.75. The molecule has 0 unspecified atom stereocenters. The van der Waals surface area contributed by atoms with Crippen molar-refractivity contribution in [2.75, 3.05) is 13.1 Å². The summed E-state index contributed by atoms with van der Waals surface area (Å²) >= 11 is 0. The fourth-order valence-corrected chi connectivity index (χ4v) is 2.21. The van der Waals surface area contributed by atoms with E-state index in [0.717, 1.165) is 13.1 Å². The molecule has 0 aromatic carbocycles. The molecule has 2 aliphatic carbocycles. The predicted octanol–water partition coefficient (Wildman–Crippen LogP) is 2.22. The summed E-state index contributed by atoms with van der Waals surface area (Å²) < 4.78 is 0. The molecule has 1 aromatic heterocycles. The summed E-state index contributed by atoms with van der Waals surface area (Å²) in [5.74, 6) is 1.41. The molecular weight excluding hydrogens is 238 g/mol. The molecule has 4 nitrogen and oxygen atoms in total. The number of carbonyl (C=O) groups is 1. The number of aromatic nitrogens is 1. The zero-order chi connectivity index (χ0) is 13.2. The van der Waals surface area contributed by atoms with Gasteiger partial charge in [0, 0.05) is 19.3 Å². The Hall–Kier alpha value is -1.89. The number of pyridine rings is 1. The van der Waals surface area contributed by atoms with Crippen LogP contribution in [0.2, 0.25) is 0 Å². The zero-order valence-electron chi connectivity index (χ0n) is 10.9. The van der Waals surface area contributed by atoms with Crippen molar-refractivity contribution in [3.63, 3.8) is 0 Å². The number of amides is 1. The van der Waals surface area contributed by atoms with Gasteiger partial charge in [-0.25, -0.2) is 4.98 Å². The first-order chi connectivity index (χ1) is 9.26. The molecule has 4 heteroatoms. The van der Waals surface area contributed by atoms with Crippen LogP contribution in [0.3, 0.4) is 0 Å². The first kappa shape index (κ1) is 12.2. The van der Waals surface area contributed by atoms with Gasteiger partial charge in [0.25, 0.3) is 5.91 Å². The van der Waals surface area contributed by atoms with Crippen molar-refractivity contribution in [1.82, 2.24) is 9.88 Å². The Morgan fingerprint density at radius 3 is 2.32 bits per heavy atom. The summed E-state index contributed by atoms with van der Waals surface area (Å²) in [4.78, 5) is 18.5. The van der Waals surface area contributed by atoms with Crippen LogP contribution in [0.4, 0.5) is 0 Å². The molecule has 2 saturated carbocycles. The van der Waals surface area contributed by atoms with Gasteiger partial charge in [0.15, 0.2) is 0 Å². The third kappa shape index (κ3) is 3.11. The largest absolute Gasteiger partial charge is 0.337 e. The second kappa shape index (κ2) is 5.00. The average Bonchev–Trinajstić information content (AvgIpc) is 3.32. The van der Waals surface area contributed by atoms with Gasteiger partial charge in [0.1, 0.15) is 11.8 Å². The lowest BCUT2D eigenvalue weighted by Crippen LogP contribution is -2.35. The van der Waals surface area contributed by atoms with E-state index in [9.17, 15) is 4.79 Å². The minimum absolute atomic E-state index is 0.0169. The molecule has 0 spiro atoms. The van der Waals surface area contributed by atoms with Gasteiger partial charge in [-0.05, 0) is 49.7 Å². The number of hydrogen-bond acceptors (Lipinski definition) is 3. The highest BCUT2D eigenvalue weighted by Crippen LogP contribution is 2.34. The Bertz CT molecular complexity index is 495. The Morgan fingerprint density at radius 2 is 1.89 bits per heavy atom. The number of nitriles is 1. The molecule has 1 amide bonds. The summed E-state index contributed by atoms with van der Waals surface area (Å²) in [7, 11) is 0. The monoisotopic (exact) mass is 255 g/mol. The van der Waals surface area contributed by atoms with Gasteiger partial charge in [0.2, 0.25) is 0 Å².